The van der Waals surface area contributed by atoms with Crippen LogP contribution in [-0.4, -0.2) is 54.4 Å². The molecule has 4 aliphatic rings. The first-order chi connectivity index (χ1) is 12.1. The summed E-state index contributed by atoms with van der Waals surface area (Å²) < 4.78 is 5.20. The van der Waals surface area contributed by atoms with Gasteiger partial charge in [0.05, 0.1) is 25.2 Å². The second-order valence-electron chi connectivity index (χ2n) is 7.80. The molecule has 1 aromatic rings. The van der Waals surface area contributed by atoms with Crippen molar-refractivity contribution in [3.63, 3.8) is 0 Å². The van der Waals surface area contributed by atoms with Crippen molar-refractivity contribution in [2.24, 2.45) is 11.8 Å². The Morgan fingerprint density at radius 1 is 1.44 bits per heavy atom. The minimum Gasteiger partial charge on any atom is -0.469 e. The molecule has 2 bridgehead atoms. The topological polar surface area (TPSA) is 61.8 Å². The molecule has 3 heterocycles. The van der Waals surface area contributed by atoms with Gasteiger partial charge in [0.2, 0.25) is 0 Å². The Morgan fingerprint density at radius 3 is 3.00 bits per heavy atom. The minimum absolute atomic E-state index is 0.0315. The molecule has 0 amide bonds. The van der Waals surface area contributed by atoms with Gasteiger partial charge in [-0.25, -0.2) is 0 Å². The number of nitrogens with one attached hydrogen (secondary N) is 1. The lowest BCUT2D eigenvalue weighted by atomic mass is 9.54. The highest BCUT2D eigenvalue weighted by Gasteiger charge is 2.70. The number of para-hydroxylation sites is 1. The Kier molecular flexibility index (Phi) is 3.13. The summed E-state index contributed by atoms with van der Waals surface area (Å²) in [6.45, 7) is 3.80. The summed E-state index contributed by atoms with van der Waals surface area (Å²) in [6.07, 6.45) is 2.49. The number of rotatable bonds is 1. The summed E-state index contributed by atoms with van der Waals surface area (Å²) >= 11 is 0. The molecule has 2 N–H and O–H groups in total. The van der Waals surface area contributed by atoms with Crippen molar-refractivity contribution in [2.45, 2.75) is 36.9 Å². The number of benzene rings is 1. The number of fused-ring (bicyclic) bond motifs is 2. The molecule has 0 radical (unpaired) electrons. The van der Waals surface area contributed by atoms with Crippen molar-refractivity contribution in [1.29, 1.82) is 0 Å². The smallest absolute Gasteiger partial charge is 0.311 e. The molecule has 2 unspecified atom stereocenters. The summed E-state index contributed by atoms with van der Waals surface area (Å²) in [5, 5.41) is 15.0. The lowest BCUT2D eigenvalue weighted by Crippen LogP contribution is -2.70. The van der Waals surface area contributed by atoms with Crippen LogP contribution in [0.2, 0.25) is 0 Å². The molecule has 1 saturated carbocycles. The summed E-state index contributed by atoms with van der Waals surface area (Å²) in [5.74, 6) is -0.751. The van der Waals surface area contributed by atoms with Crippen LogP contribution in [0.15, 0.2) is 35.9 Å². The lowest BCUT2D eigenvalue weighted by Gasteiger charge is -2.56. The zero-order valence-electron chi connectivity index (χ0n) is 14.6. The highest BCUT2D eigenvalue weighted by Crippen LogP contribution is 2.61. The number of piperidine rings is 1. The zero-order chi connectivity index (χ0) is 17.3. The Bertz CT molecular complexity index is 776. The van der Waals surface area contributed by atoms with Crippen LogP contribution < -0.4 is 5.32 Å². The Labute approximate surface area is 147 Å². The fraction of sp³-hybridized carbons (Fsp3) is 0.550. The average Bonchev–Trinajstić information content (AvgIpc) is 3.18. The van der Waals surface area contributed by atoms with Gasteiger partial charge in [0.25, 0.3) is 0 Å². The number of methoxy groups -OCH3 is 1. The second-order valence-corrected chi connectivity index (χ2v) is 7.80. The summed E-state index contributed by atoms with van der Waals surface area (Å²) in [7, 11) is 1.45. The number of esters is 1. The first-order valence-corrected chi connectivity index (χ1v) is 9.14. The summed E-state index contributed by atoms with van der Waals surface area (Å²) in [5.41, 5.74) is 3.30. The number of allylic oxidation sites excluding steroid dienone is 1. The number of hydrogen-bond donors (Lipinski definition) is 2. The molecule has 2 saturated heterocycles. The maximum Gasteiger partial charge on any atom is 0.311 e. The van der Waals surface area contributed by atoms with E-state index in [1.165, 1.54) is 12.7 Å². The molecule has 3 fully saturated rings. The quantitative estimate of drug-likeness (QED) is 0.600. The van der Waals surface area contributed by atoms with E-state index in [0.717, 1.165) is 30.8 Å². The number of hydrogen-bond acceptors (Lipinski definition) is 5. The van der Waals surface area contributed by atoms with Crippen LogP contribution in [0.25, 0.3) is 0 Å². The second kappa shape index (κ2) is 5.08. The van der Waals surface area contributed by atoms with Gasteiger partial charge in [-0.15, -0.1) is 0 Å². The minimum atomic E-state index is -0.546. The van der Waals surface area contributed by atoms with Crippen LogP contribution in [0.3, 0.4) is 0 Å². The van der Waals surface area contributed by atoms with Gasteiger partial charge in [-0.3, -0.25) is 9.69 Å². The van der Waals surface area contributed by atoms with E-state index in [-0.39, 0.29) is 35.3 Å². The Morgan fingerprint density at radius 2 is 2.24 bits per heavy atom. The predicted molar refractivity (Wildman–Crippen MR) is 94.3 cm³/mol. The molecule has 6 atom stereocenters. The van der Waals surface area contributed by atoms with Gasteiger partial charge in [0, 0.05) is 29.6 Å². The van der Waals surface area contributed by atoms with Crippen LogP contribution in [0.1, 0.15) is 18.9 Å². The van der Waals surface area contributed by atoms with Crippen molar-refractivity contribution in [1.82, 2.24) is 4.90 Å². The van der Waals surface area contributed by atoms with Crippen molar-refractivity contribution in [2.75, 3.05) is 25.5 Å². The summed E-state index contributed by atoms with van der Waals surface area (Å²) in [4.78, 5) is 15.2. The van der Waals surface area contributed by atoms with E-state index in [1.54, 1.807) is 0 Å². The third-order valence-corrected chi connectivity index (χ3v) is 7.12. The molecular weight excluding hydrogens is 316 g/mol. The number of carbonyl (C=O) groups excluding carboxylic acids is 1. The normalized spacial score (nSPS) is 42.7. The Balaban J connectivity index is 1.75. The fourth-order valence-corrected chi connectivity index (χ4v) is 6.27. The molecule has 3 aliphatic heterocycles. The SMILES string of the molecule is C/C=C1\CN2CCC34c5ccccc5N[C@H]3[C@@H](C(=O)OC)[C@H]1C(O)[C@H]24. The molecule has 132 valence electrons. The Hall–Kier alpha value is -1.85. The molecule has 1 aromatic carbocycles. The summed E-state index contributed by atoms with van der Waals surface area (Å²) in [6, 6.07) is 8.37. The first kappa shape index (κ1) is 15.4. The third-order valence-electron chi connectivity index (χ3n) is 7.12. The van der Waals surface area contributed by atoms with E-state index in [0.29, 0.717) is 0 Å². The van der Waals surface area contributed by atoms with Crippen molar-refractivity contribution < 1.29 is 14.6 Å². The van der Waals surface area contributed by atoms with Gasteiger partial charge in [-0.1, -0.05) is 29.8 Å². The van der Waals surface area contributed by atoms with Gasteiger partial charge < -0.3 is 15.2 Å². The average molecular weight is 340 g/mol. The van der Waals surface area contributed by atoms with Crippen LogP contribution >= 0.6 is 0 Å². The number of ether oxygens (including phenoxy) is 1. The number of nitrogens with zero attached hydrogens (tertiary/aromatic N) is 1. The predicted octanol–water partition coefficient (Wildman–Crippen LogP) is 1.53. The molecular formula is C20H24N2O3. The molecule has 1 aliphatic carbocycles. The monoisotopic (exact) mass is 340 g/mol. The number of aliphatic hydroxyl groups is 1. The number of anilines is 1. The van der Waals surface area contributed by atoms with Crippen LogP contribution in [0.5, 0.6) is 0 Å². The molecule has 5 nitrogen and oxygen atoms in total. The molecule has 25 heavy (non-hydrogen) atoms. The largest absolute Gasteiger partial charge is 0.469 e. The molecule has 0 aromatic heterocycles. The van der Waals surface area contributed by atoms with Crippen LogP contribution in [0, 0.1) is 11.8 Å². The standard InChI is InChI=1S/C20H24N2O3/c1-3-11-10-22-9-8-20-12-6-4-5-7-13(12)21-17(20)15(19(24)25-2)14(11)16(23)18(20)22/h3-7,14-18,21,23H,8-10H2,1-2H3/b11-3+/t14-,15-,16?,17-,18-,20?/m0/s1. The number of aliphatic hydroxyl groups excluding tert-OH is 1. The molecule has 5 rings (SSSR count). The molecule has 5 heteroatoms. The van der Waals surface area contributed by atoms with E-state index >= 15 is 0 Å². The fourth-order valence-electron chi connectivity index (χ4n) is 6.27. The van der Waals surface area contributed by atoms with Gasteiger partial charge in [-0.05, 0) is 31.5 Å². The maximum atomic E-state index is 12.8. The third kappa shape index (κ3) is 1.68. The van der Waals surface area contributed by atoms with Crippen molar-refractivity contribution in [3.8, 4) is 0 Å². The van der Waals surface area contributed by atoms with E-state index in [2.05, 4.69) is 34.5 Å². The highest BCUT2D eigenvalue weighted by atomic mass is 16.5. The van der Waals surface area contributed by atoms with E-state index < -0.39 is 6.10 Å². The van der Waals surface area contributed by atoms with Crippen LogP contribution in [-0.2, 0) is 14.9 Å². The van der Waals surface area contributed by atoms with E-state index in [9.17, 15) is 9.90 Å². The van der Waals surface area contributed by atoms with Gasteiger partial charge in [0.15, 0.2) is 0 Å². The van der Waals surface area contributed by atoms with Crippen molar-refractivity contribution in [3.05, 3.63) is 41.5 Å². The van der Waals surface area contributed by atoms with Gasteiger partial charge in [0.1, 0.15) is 0 Å². The highest BCUT2D eigenvalue weighted by molar-refractivity contribution is 5.79. The van der Waals surface area contributed by atoms with Crippen LogP contribution in [0.4, 0.5) is 5.69 Å². The first-order valence-electron chi connectivity index (χ1n) is 9.14. The molecule has 1 spiro atoms. The maximum absolute atomic E-state index is 12.8. The lowest BCUT2D eigenvalue weighted by molar-refractivity contribution is -0.157. The van der Waals surface area contributed by atoms with Crippen molar-refractivity contribution >= 4 is 11.7 Å². The van der Waals surface area contributed by atoms with Gasteiger partial charge >= 0.3 is 5.97 Å². The number of carbonyl (C=O) groups is 1. The zero-order valence-corrected chi connectivity index (χ0v) is 14.6. The van der Waals surface area contributed by atoms with E-state index in [4.69, 9.17) is 4.74 Å². The van der Waals surface area contributed by atoms with E-state index in [1.807, 2.05) is 13.0 Å². The van der Waals surface area contributed by atoms with Gasteiger partial charge in [-0.2, -0.15) is 0 Å².